The van der Waals surface area contributed by atoms with Crippen LogP contribution in [0.2, 0.25) is 0 Å². The molecule has 5 heteroatoms. The van der Waals surface area contributed by atoms with E-state index in [9.17, 15) is 19.2 Å². The summed E-state index contributed by atoms with van der Waals surface area (Å²) in [7, 11) is 0. The van der Waals surface area contributed by atoms with Crippen molar-refractivity contribution in [3.63, 3.8) is 0 Å². The molecular weight excluding hydrogens is 234 g/mol. The Morgan fingerprint density at radius 1 is 0.833 bits per heavy atom. The highest BCUT2D eigenvalue weighted by Gasteiger charge is 2.28. The molecule has 0 saturated carbocycles. The molecule has 0 bridgehead atoms. The maximum atomic E-state index is 11.8. The summed E-state index contributed by atoms with van der Waals surface area (Å²) in [6, 6.07) is 0. The van der Waals surface area contributed by atoms with E-state index in [1.165, 1.54) is 13.8 Å². The fraction of sp³-hybridized carbons (Fsp3) is 0.692. The summed E-state index contributed by atoms with van der Waals surface area (Å²) < 4.78 is 0. The van der Waals surface area contributed by atoms with Gasteiger partial charge in [0.1, 0.15) is 24.4 Å². The molecule has 0 fully saturated rings. The van der Waals surface area contributed by atoms with Crippen LogP contribution >= 0.6 is 0 Å². The number of hydrogen-bond acceptors (Lipinski definition) is 4. The number of hydrogen-bond donors (Lipinski definition) is 1. The van der Waals surface area contributed by atoms with Gasteiger partial charge in [-0.1, -0.05) is 13.3 Å². The maximum absolute atomic E-state index is 11.8. The topological polar surface area (TPSA) is 72.7 Å². The summed E-state index contributed by atoms with van der Waals surface area (Å²) in [5.74, 6) is -1.37. The highest BCUT2D eigenvalue weighted by Crippen LogP contribution is 1.91. The van der Waals surface area contributed by atoms with Gasteiger partial charge in [0.05, 0.1) is 6.54 Å². The van der Waals surface area contributed by atoms with Crippen molar-refractivity contribution in [3.05, 3.63) is 0 Å². The second-order valence-corrected chi connectivity index (χ2v) is 4.54. The molecule has 1 N–H and O–H groups in total. The highest BCUT2D eigenvalue weighted by molar-refractivity contribution is 5.99. The number of imide groups is 1. The number of Topliss-reactive ketones (excluding diaryl/α,β-unsaturated/α-hetero) is 2. The van der Waals surface area contributed by atoms with E-state index in [1.807, 2.05) is 6.92 Å². The van der Waals surface area contributed by atoms with Crippen molar-refractivity contribution >= 4 is 23.4 Å². The Hall–Kier alpha value is -1.36. The van der Waals surface area contributed by atoms with Crippen LogP contribution in [0.25, 0.3) is 0 Å². The van der Waals surface area contributed by atoms with Crippen molar-refractivity contribution in [3.8, 4) is 0 Å². The van der Waals surface area contributed by atoms with Gasteiger partial charge in [-0.2, -0.15) is 0 Å². The summed E-state index contributed by atoms with van der Waals surface area (Å²) >= 11 is 0. The molecule has 0 unspecified atom stereocenters. The quantitative estimate of drug-likeness (QED) is 0.493. The molecule has 0 atom stereocenters. The van der Waals surface area contributed by atoms with Crippen LogP contribution < -0.4 is 4.90 Å². The van der Waals surface area contributed by atoms with E-state index in [-0.39, 0.29) is 29.3 Å². The van der Waals surface area contributed by atoms with Gasteiger partial charge in [0, 0.05) is 0 Å². The lowest BCUT2D eigenvalue weighted by Gasteiger charge is -2.13. The number of carbonyl (C=O) groups is 4. The van der Waals surface area contributed by atoms with Crippen LogP contribution in [-0.4, -0.2) is 29.9 Å². The molecular formula is C13H22NO4+. The zero-order valence-corrected chi connectivity index (χ0v) is 11.4. The number of quaternary nitrogens is 1. The molecule has 0 aliphatic heterocycles. The van der Waals surface area contributed by atoms with E-state index in [2.05, 4.69) is 0 Å². The predicted octanol–water partition coefficient (Wildman–Crippen LogP) is 0.0729. The molecule has 0 heterocycles. The lowest BCUT2D eigenvalue weighted by molar-refractivity contribution is -0.739. The largest absolute Gasteiger partial charge is 0.326 e. The molecule has 0 aliphatic carbocycles. The molecule has 102 valence electrons. The summed E-state index contributed by atoms with van der Waals surface area (Å²) in [6.45, 7) is 5.02. The number of carbonyl (C=O) groups excluding carboxylic acids is 4. The van der Waals surface area contributed by atoms with Gasteiger partial charge in [-0.25, -0.2) is 14.5 Å². The Kier molecular flexibility index (Phi) is 8.03. The first kappa shape index (κ1) is 16.6. The average Bonchev–Trinajstić information content (AvgIpc) is 2.21. The molecule has 0 radical (unpaired) electrons. The number of amides is 2. The normalized spacial score (nSPS) is 10.4. The van der Waals surface area contributed by atoms with Gasteiger partial charge < -0.3 is 0 Å². The molecule has 0 aromatic rings. The van der Waals surface area contributed by atoms with E-state index in [0.29, 0.717) is 6.54 Å². The van der Waals surface area contributed by atoms with E-state index in [0.717, 1.165) is 19.3 Å². The average molecular weight is 256 g/mol. The third kappa shape index (κ3) is 7.06. The van der Waals surface area contributed by atoms with Crippen molar-refractivity contribution in [2.75, 3.05) is 6.54 Å². The Morgan fingerprint density at radius 3 is 1.61 bits per heavy atom. The maximum Gasteiger partial charge on any atom is 0.326 e. The Morgan fingerprint density at radius 2 is 1.28 bits per heavy atom. The molecule has 0 saturated heterocycles. The Balaban J connectivity index is 4.59. The van der Waals surface area contributed by atoms with Crippen LogP contribution in [0, 0.1) is 0 Å². The number of rotatable bonds is 8. The monoisotopic (exact) mass is 256 g/mol. The van der Waals surface area contributed by atoms with E-state index in [4.69, 9.17) is 0 Å². The minimum Gasteiger partial charge on any atom is -0.299 e. The van der Waals surface area contributed by atoms with Crippen LogP contribution in [0.4, 0.5) is 0 Å². The van der Waals surface area contributed by atoms with Gasteiger partial charge in [-0.15, -0.1) is 0 Å². The summed E-state index contributed by atoms with van der Waals surface area (Å²) in [6.07, 6.45) is 2.15. The molecule has 0 aliphatic rings. The van der Waals surface area contributed by atoms with Crippen molar-refractivity contribution in [1.82, 2.24) is 0 Å². The van der Waals surface area contributed by atoms with Gasteiger partial charge in [-0.3, -0.25) is 9.59 Å². The smallest absolute Gasteiger partial charge is 0.299 e. The zero-order chi connectivity index (χ0) is 14.1. The first-order valence-electron chi connectivity index (χ1n) is 6.29. The first-order valence-corrected chi connectivity index (χ1v) is 6.29. The third-order valence-electron chi connectivity index (χ3n) is 2.52. The van der Waals surface area contributed by atoms with Crippen LogP contribution in [0.5, 0.6) is 0 Å². The molecule has 0 rings (SSSR count). The zero-order valence-electron chi connectivity index (χ0n) is 11.4. The molecule has 2 amide bonds. The standard InChI is InChI=1S/C13H21NO4/c1-4-5-6-7-14(12(17)8-10(2)15)13(18)9-11(3)16/h4-9H2,1-3H3/p+1. The van der Waals surface area contributed by atoms with Gasteiger partial charge in [0.25, 0.3) is 0 Å². The number of ketones is 2. The van der Waals surface area contributed by atoms with Crippen LogP contribution in [0.15, 0.2) is 0 Å². The molecule has 18 heavy (non-hydrogen) atoms. The van der Waals surface area contributed by atoms with Gasteiger partial charge in [0.15, 0.2) is 0 Å². The fourth-order valence-corrected chi connectivity index (χ4v) is 1.65. The molecule has 0 aromatic carbocycles. The third-order valence-corrected chi connectivity index (χ3v) is 2.52. The predicted molar refractivity (Wildman–Crippen MR) is 66.0 cm³/mol. The summed E-state index contributed by atoms with van der Waals surface area (Å²) in [5, 5.41) is 0. The van der Waals surface area contributed by atoms with E-state index >= 15 is 0 Å². The molecule has 0 spiro atoms. The minimum atomic E-state index is -0.426. The van der Waals surface area contributed by atoms with Crippen molar-refractivity contribution in [2.45, 2.75) is 52.9 Å². The van der Waals surface area contributed by atoms with Crippen molar-refractivity contribution in [1.29, 1.82) is 0 Å². The van der Waals surface area contributed by atoms with Crippen molar-refractivity contribution < 1.29 is 24.1 Å². The highest BCUT2D eigenvalue weighted by atomic mass is 16.2. The van der Waals surface area contributed by atoms with E-state index < -0.39 is 11.8 Å². The molecule has 0 aromatic heterocycles. The van der Waals surface area contributed by atoms with Crippen LogP contribution in [-0.2, 0) is 19.2 Å². The lowest BCUT2D eigenvalue weighted by Crippen LogP contribution is -3.17. The lowest BCUT2D eigenvalue weighted by atomic mass is 10.2. The number of unbranched alkanes of at least 4 members (excludes halogenated alkanes) is 2. The minimum absolute atomic E-state index is 0.133. The van der Waals surface area contributed by atoms with Crippen molar-refractivity contribution in [2.24, 2.45) is 0 Å². The Bertz CT molecular complexity index is 308. The number of nitrogens with one attached hydrogen (secondary N) is 1. The van der Waals surface area contributed by atoms with Crippen LogP contribution in [0.1, 0.15) is 52.9 Å². The second-order valence-electron chi connectivity index (χ2n) is 4.54. The molecule has 5 nitrogen and oxygen atoms in total. The summed E-state index contributed by atoms with van der Waals surface area (Å²) in [4.78, 5) is 45.5. The van der Waals surface area contributed by atoms with E-state index in [1.54, 1.807) is 0 Å². The van der Waals surface area contributed by atoms with Gasteiger partial charge in [-0.05, 0) is 26.7 Å². The fourth-order valence-electron chi connectivity index (χ4n) is 1.65. The second kappa shape index (κ2) is 8.69. The Labute approximate surface area is 108 Å². The van der Waals surface area contributed by atoms with Gasteiger partial charge in [0.2, 0.25) is 0 Å². The van der Waals surface area contributed by atoms with Gasteiger partial charge >= 0.3 is 11.8 Å². The first-order chi connectivity index (χ1) is 8.38. The summed E-state index contributed by atoms with van der Waals surface area (Å²) in [5.41, 5.74) is 0. The SMILES string of the molecule is CCCCC[NH+](C(=O)CC(C)=O)C(=O)CC(C)=O. The van der Waals surface area contributed by atoms with Crippen LogP contribution in [0.3, 0.4) is 0 Å².